The molecule has 6 nitrogen and oxygen atoms in total. The highest BCUT2D eigenvalue weighted by molar-refractivity contribution is 6.04. The third-order valence-corrected chi connectivity index (χ3v) is 2.92. The lowest BCUT2D eigenvalue weighted by molar-refractivity contribution is 0.102. The molecule has 0 aliphatic rings. The third kappa shape index (κ3) is 4.59. The monoisotopic (exact) mass is 288 g/mol. The summed E-state index contributed by atoms with van der Waals surface area (Å²) in [6.07, 6.45) is 4.29. The summed E-state index contributed by atoms with van der Waals surface area (Å²) >= 11 is 0. The average Bonchev–Trinajstić information content (AvgIpc) is 2.84. The molecular weight excluding hydrogens is 268 g/mol. The van der Waals surface area contributed by atoms with Crippen LogP contribution in [0.15, 0.2) is 29.0 Å². The fraction of sp³-hybridized carbons (Fsp3) is 0.400. The first-order valence-corrected chi connectivity index (χ1v) is 6.98. The molecule has 0 aliphatic heterocycles. The van der Waals surface area contributed by atoms with Crippen molar-refractivity contribution in [2.24, 2.45) is 5.92 Å². The van der Waals surface area contributed by atoms with Crippen LogP contribution in [0.25, 0.3) is 0 Å². The standard InChI is InChI=1S/C15H20N4O2/c1-10(2)4-5-17-13-7-12(8-16-9-13)15(20)18-14-6-11(3)21-19-14/h6-10,17H,4-5H2,1-3H3,(H,18,19,20). The van der Waals surface area contributed by atoms with E-state index < -0.39 is 0 Å². The van der Waals surface area contributed by atoms with Crippen molar-refractivity contribution in [2.75, 3.05) is 17.2 Å². The summed E-state index contributed by atoms with van der Waals surface area (Å²) in [4.78, 5) is 16.2. The average molecular weight is 288 g/mol. The number of carbonyl (C=O) groups excluding carboxylic acids is 1. The summed E-state index contributed by atoms with van der Waals surface area (Å²) in [5.74, 6) is 1.42. The zero-order valence-corrected chi connectivity index (χ0v) is 12.5. The number of hydrogen-bond donors (Lipinski definition) is 2. The number of amides is 1. The van der Waals surface area contributed by atoms with Crippen LogP contribution in [0, 0.1) is 12.8 Å². The molecule has 0 unspecified atom stereocenters. The molecule has 0 aromatic carbocycles. The van der Waals surface area contributed by atoms with Gasteiger partial charge >= 0.3 is 0 Å². The van der Waals surface area contributed by atoms with Crippen LogP contribution in [0.5, 0.6) is 0 Å². The van der Waals surface area contributed by atoms with Crippen LogP contribution in [0.2, 0.25) is 0 Å². The molecule has 0 aliphatic carbocycles. The summed E-state index contributed by atoms with van der Waals surface area (Å²) in [6.45, 7) is 6.96. The smallest absolute Gasteiger partial charge is 0.258 e. The van der Waals surface area contributed by atoms with Gasteiger partial charge in [-0.05, 0) is 25.3 Å². The maximum absolute atomic E-state index is 12.1. The maximum atomic E-state index is 12.1. The number of hydrogen-bond acceptors (Lipinski definition) is 5. The van der Waals surface area contributed by atoms with Crippen LogP contribution in [-0.2, 0) is 0 Å². The van der Waals surface area contributed by atoms with Crippen LogP contribution in [0.1, 0.15) is 36.4 Å². The van der Waals surface area contributed by atoms with E-state index in [2.05, 4.69) is 34.6 Å². The molecule has 0 atom stereocenters. The van der Waals surface area contributed by atoms with Crippen LogP contribution < -0.4 is 10.6 Å². The van der Waals surface area contributed by atoms with E-state index in [-0.39, 0.29) is 5.91 Å². The number of carbonyl (C=O) groups is 1. The number of nitrogens with zero attached hydrogens (tertiary/aromatic N) is 2. The second-order valence-corrected chi connectivity index (χ2v) is 5.35. The Morgan fingerprint density at radius 2 is 2.14 bits per heavy atom. The normalized spacial score (nSPS) is 10.7. The lowest BCUT2D eigenvalue weighted by atomic mass is 10.1. The highest BCUT2D eigenvalue weighted by Crippen LogP contribution is 2.13. The molecule has 6 heteroatoms. The van der Waals surface area contributed by atoms with E-state index in [4.69, 9.17) is 4.52 Å². The van der Waals surface area contributed by atoms with Crippen molar-refractivity contribution in [3.05, 3.63) is 35.9 Å². The van der Waals surface area contributed by atoms with Gasteiger partial charge in [0.15, 0.2) is 5.82 Å². The quantitative estimate of drug-likeness (QED) is 0.853. The van der Waals surface area contributed by atoms with Crippen molar-refractivity contribution in [3.8, 4) is 0 Å². The number of nitrogens with one attached hydrogen (secondary N) is 2. The third-order valence-electron chi connectivity index (χ3n) is 2.92. The predicted octanol–water partition coefficient (Wildman–Crippen LogP) is 3.09. The Kier molecular flexibility index (Phi) is 4.92. The van der Waals surface area contributed by atoms with Gasteiger partial charge in [-0.15, -0.1) is 0 Å². The van der Waals surface area contributed by atoms with Gasteiger partial charge in [0.05, 0.1) is 11.3 Å². The minimum Gasteiger partial charge on any atom is -0.384 e. The summed E-state index contributed by atoms with van der Waals surface area (Å²) in [5.41, 5.74) is 1.31. The number of aryl methyl sites for hydroxylation is 1. The number of anilines is 2. The molecule has 0 radical (unpaired) electrons. The summed E-state index contributed by atoms with van der Waals surface area (Å²) in [6, 6.07) is 3.44. The van der Waals surface area contributed by atoms with Crippen molar-refractivity contribution in [1.82, 2.24) is 10.1 Å². The molecule has 0 spiro atoms. The van der Waals surface area contributed by atoms with E-state index in [1.165, 1.54) is 6.20 Å². The number of aromatic nitrogens is 2. The van der Waals surface area contributed by atoms with Crippen LogP contribution in [0.4, 0.5) is 11.5 Å². The molecule has 2 aromatic rings. The Bertz CT molecular complexity index is 607. The van der Waals surface area contributed by atoms with E-state index in [9.17, 15) is 4.79 Å². The van der Waals surface area contributed by atoms with E-state index in [1.54, 1.807) is 25.3 Å². The number of pyridine rings is 1. The van der Waals surface area contributed by atoms with Gasteiger partial charge in [0.1, 0.15) is 5.76 Å². The molecule has 2 N–H and O–H groups in total. The highest BCUT2D eigenvalue weighted by Gasteiger charge is 2.10. The molecule has 21 heavy (non-hydrogen) atoms. The first kappa shape index (κ1) is 15.0. The molecule has 2 heterocycles. The van der Waals surface area contributed by atoms with Gasteiger partial charge in [0, 0.05) is 25.0 Å². The first-order chi connectivity index (χ1) is 10.0. The Balaban J connectivity index is 1.97. The van der Waals surface area contributed by atoms with Crippen molar-refractivity contribution in [2.45, 2.75) is 27.2 Å². The van der Waals surface area contributed by atoms with Crippen molar-refractivity contribution in [3.63, 3.8) is 0 Å². The molecule has 2 rings (SSSR count). The van der Waals surface area contributed by atoms with Gasteiger partial charge < -0.3 is 15.2 Å². The zero-order valence-electron chi connectivity index (χ0n) is 12.5. The Labute approximate surface area is 123 Å². The number of rotatable bonds is 6. The Hall–Kier alpha value is -2.37. The van der Waals surface area contributed by atoms with Crippen LogP contribution in [0.3, 0.4) is 0 Å². The largest absolute Gasteiger partial charge is 0.384 e. The van der Waals surface area contributed by atoms with Gasteiger partial charge in [-0.25, -0.2) is 0 Å². The fourth-order valence-electron chi connectivity index (χ4n) is 1.78. The molecule has 2 aromatic heterocycles. The van der Waals surface area contributed by atoms with Gasteiger partial charge in [-0.1, -0.05) is 19.0 Å². The second-order valence-electron chi connectivity index (χ2n) is 5.35. The zero-order chi connectivity index (χ0) is 15.2. The molecule has 0 bridgehead atoms. The van der Waals surface area contributed by atoms with Gasteiger partial charge in [0.25, 0.3) is 5.91 Å². The fourth-order valence-corrected chi connectivity index (χ4v) is 1.78. The molecule has 0 saturated carbocycles. The summed E-state index contributed by atoms with van der Waals surface area (Å²) < 4.78 is 4.91. The molecule has 112 valence electrons. The topological polar surface area (TPSA) is 80.0 Å². The van der Waals surface area contributed by atoms with Crippen molar-refractivity contribution < 1.29 is 9.32 Å². The van der Waals surface area contributed by atoms with Crippen LogP contribution in [-0.4, -0.2) is 22.6 Å². The molecule has 0 saturated heterocycles. The lowest BCUT2D eigenvalue weighted by Gasteiger charge is -2.09. The Morgan fingerprint density at radius 1 is 1.33 bits per heavy atom. The predicted molar refractivity (Wildman–Crippen MR) is 81.4 cm³/mol. The highest BCUT2D eigenvalue weighted by atomic mass is 16.5. The van der Waals surface area contributed by atoms with Crippen molar-refractivity contribution in [1.29, 1.82) is 0 Å². The van der Waals surface area contributed by atoms with Gasteiger partial charge in [-0.3, -0.25) is 9.78 Å². The summed E-state index contributed by atoms with van der Waals surface area (Å²) in [7, 11) is 0. The van der Waals surface area contributed by atoms with E-state index >= 15 is 0 Å². The SMILES string of the molecule is Cc1cc(NC(=O)c2cncc(NCCC(C)C)c2)no1. The van der Waals surface area contributed by atoms with Crippen molar-refractivity contribution >= 4 is 17.4 Å². The maximum Gasteiger partial charge on any atom is 0.258 e. The molecule has 1 amide bonds. The van der Waals surface area contributed by atoms with Gasteiger partial charge in [-0.2, -0.15) is 0 Å². The van der Waals surface area contributed by atoms with E-state index in [1.807, 2.05) is 0 Å². The molecule has 0 fully saturated rings. The molecular formula is C15H20N4O2. The van der Waals surface area contributed by atoms with E-state index in [0.29, 0.717) is 23.1 Å². The van der Waals surface area contributed by atoms with Crippen LogP contribution >= 0.6 is 0 Å². The Morgan fingerprint density at radius 3 is 2.81 bits per heavy atom. The lowest BCUT2D eigenvalue weighted by Crippen LogP contribution is -2.13. The van der Waals surface area contributed by atoms with Gasteiger partial charge in [0.2, 0.25) is 0 Å². The first-order valence-electron chi connectivity index (χ1n) is 6.98. The second kappa shape index (κ2) is 6.88. The minimum absolute atomic E-state index is 0.261. The minimum atomic E-state index is -0.261. The summed E-state index contributed by atoms with van der Waals surface area (Å²) in [5, 5.41) is 9.66. The van der Waals surface area contributed by atoms with E-state index in [0.717, 1.165) is 18.7 Å².